The van der Waals surface area contributed by atoms with Crippen LogP contribution in [0.4, 0.5) is 0 Å². The Morgan fingerprint density at radius 2 is 2.32 bits per heavy atom. The summed E-state index contributed by atoms with van der Waals surface area (Å²) in [4.78, 5) is 16.6. The number of nitrogens with zero attached hydrogens (tertiary/aromatic N) is 1. The molecular formula is C14H21NO2S2. The van der Waals surface area contributed by atoms with Gasteiger partial charge in [-0.3, -0.25) is 4.79 Å². The molecule has 1 N–H and O–H groups in total. The van der Waals surface area contributed by atoms with E-state index in [1.54, 1.807) is 11.3 Å². The Morgan fingerprint density at radius 1 is 1.58 bits per heavy atom. The van der Waals surface area contributed by atoms with Crippen LogP contribution in [0, 0.1) is 11.3 Å². The number of carboxylic acid groups (broad SMARTS) is 1. The van der Waals surface area contributed by atoms with Gasteiger partial charge in [-0.1, -0.05) is 39.0 Å². The molecule has 1 atom stereocenters. The van der Waals surface area contributed by atoms with E-state index in [9.17, 15) is 4.79 Å². The van der Waals surface area contributed by atoms with Gasteiger partial charge in [0.15, 0.2) is 4.34 Å². The van der Waals surface area contributed by atoms with E-state index in [0.29, 0.717) is 5.41 Å². The zero-order valence-electron chi connectivity index (χ0n) is 11.7. The molecule has 0 bridgehead atoms. The summed E-state index contributed by atoms with van der Waals surface area (Å²) in [7, 11) is 0. The van der Waals surface area contributed by atoms with Crippen LogP contribution in [0.15, 0.2) is 4.34 Å². The SMILES string of the molecule is CCC(C)(C)C1CCc2nc(SCC(=O)O)sc2C1. The van der Waals surface area contributed by atoms with E-state index >= 15 is 0 Å². The van der Waals surface area contributed by atoms with Crippen molar-refractivity contribution in [2.24, 2.45) is 11.3 Å². The molecule has 0 saturated heterocycles. The lowest BCUT2D eigenvalue weighted by Crippen LogP contribution is -2.28. The molecule has 0 aromatic carbocycles. The van der Waals surface area contributed by atoms with Gasteiger partial charge in [-0.2, -0.15) is 0 Å². The van der Waals surface area contributed by atoms with Gasteiger partial charge in [-0.15, -0.1) is 11.3 Å². The van der Waals surface area contributed by atoms with Crippen molar-refractivity contribution in [3.05, 3.63) is 10.6 Å². The molecule has 0 radical (unpaired) electrons. The Hall–Kier alpha value is -0.550. The highest BCUT2D eigenvalue weighted by Gasteiger charge is 2.32. The number of thioether (sulfide) groups is 1. The molecule has 19 heavy (non-hydrogen) atoms. The quantitative estimate of drug-likeness (QED) is 0.839. The predicted molar refractivity (Wildman–Crippen MR) is 80.1 cm³/mol. The molecule has 0 spiro atoms. The Morgan fingerprint density at radius 3 is 2.95 bits per heavy atom. The molecule has 1 aromatic heterocycles. The van der Waals surface area contributed by atoms with Crippen molar-refractivity contribution in [3.63, 3.8) is 0 Å². The van der Waals surface area contributed by atoms with Gasteiger partial charge in [0.1, 0.15) is 0 Å². The van der Waals surface area contributed by atoms with Gasteiger partial charge < -0.3 is 5.11 Å². The van der Waals surface area contributed by atoms with Gasteiger partial charge in [-0.05, 0) is 30.6 Å². The molecule has 5 heteroatoms. The first-order valence-corrected chi connectivity index (χ1v) is 8.55. The summed E-state index contributed by atoms with van der Waals surface area (Å²) in [6.07, 6.45) is 4.57. The molecule has 1 aromatic rings. The van der Waals surface area contributed by atoms with E-state index in [0.717, 1.165) is 23.1 Å². The summed E-state index contributed by atoms with van der Waals surface area (Å²) in [5.41, 5.74) is 1.59. The molecule has 1 aliphatic carbocycles. The summed E-state index contributed by atoms with van der Waals surface area (Å²) in [5.74, 6) is 0.0574. The number of rotatable bonds is 5. The predicted octanol–water partition coefficient (Wildman–Crippen LogP) is 3.86. The molecule has 2 rings (SSSR count). The smallest absolute Gasteiger partial charge is 0.313 e. The fourth-order valence-electron chi connectivity index (χ4n) is 2.49. The highest BCUT2D eigenvalue weighted by molar-refractivity contribution is 8.01. The summed E-state index contributed by atoms with van der Waals surface area (Å²) in [6.45, 7) is 6.96. The number of carboxylic acids is 1. The van der Waals surface area contributed by atoms with E-state index in [1.165, 1.54) is 35.2 Å². The van der Waals surface area contributed by atoms with Crippen molar-refractivity contribution < 1.29 is 9.90 Å². The normalized spacial score (nSPS) is 19.2. The molecule has 0 saturated carbocycles. The van der Waals surface area contributed by atoms with Crippen molar-refractivity contribution in [1.82, 2.24) is 4.98 Å². The fourth-order valence-corrected chi connectivity index (χ4v) is 4.54. The second-order valence-corrected chi connectivity index (χ2v) is 8.12. The first-order valence-electron chi connectivity index (χ1n) is 6.75. The number of carbonyl (C=O) groups is 1. The van der Waals surface area contributed by atoms with Crippen LogP contribution in [0.2, 0.25) is 0 Å². The maximum Gasteiger partial charge on any atom is 0.313 e. The van der Waals surface area contributed by atoms with Gasteiger partial charge in [0.25, 0.3) is 0 Å². The van der Waals surface area contributed by atoms with Crippen LogP contribution in [0.25, 0.3) is 0 Å². The molecule has 0 fully saturated rings. The maximum absolute atomic E-state index is 10.6. The third kappa shape index (κ3) is 3.51. The van der Waals surface area contributed by atoms with Crippen LogP contribution in [-0.2, 0) is 17.6 Å². The fraction of sp³-hybridized carbons (Fsp3) is 0.714. The van der Waals surface area contributed by atoms with E-state index in [1.807, 2.05) is 0 Å². The Bertz CT molecular complexity index is 468. The minimum absolute atomic E-state index is 0.107. The monoisotopic (exact) mass is 299 g/mol. The van der Waals surface area contributed by atoms with Crippen molar-refractivity contribution in [1.29, 1.82) is 0 Å². The standard InChI is InChI=1S/C14H21NO2S2/c1-4-14(2,3)9-5-6-10-11(7-9)19-13(15-10)18-8-12(16)17/h9H,4-8H2,1-3H3,(H,16,17). The van der Waals surface area contributed by atoms with Gasteiger partial charge in [-0.25, -0.2) is 4.98 Å². The second-order valence-electron chi connectivity index (χ2n) is 5.81. The number of aryl methyl sites for hydroxylation is 1. The van der Waals surface area contributed by atoms with Crippen LogP contribution in [0.3, 0.4) is 0 Å². The molecular weight excluding hydrogens is 278 g/mol. The maximum atomic E-state index is 10.6. The summed E-state index contributed by atoms with van der Waals surface area (Å²) in [6, 6.07) is 0. The van der Waals surface area contributed by atoms with Gasteiger partial charge in [0, 0.05) is 4.88 Å². The van der Waals surface area contributed by atoms with Crippen molar-refractivity contribution in [2.45, 2.75) is 50.8 Å². The second kappa shape index (κ2) is 5.83. The molecule has 0 aliphatic heterocycles. The topological polar surface area (TPSA) is 50.2 Å². The Labute approximate surface area is 122 Å². The van der Waals surface area contributed by atoms with Crippen molar-refractivity contribution in [2.75, 3.05) is 5.75 Å². The highest BCUT2D eigenvalue weighted by atomic mass is 32.2. The summed E-state index contributed by atoms with van der Waals surface area (Å²) in [5, 5.41) is 8.71. The lowest BCUT2D eigenvalue weighted by molar-refractivity contribution is -0.133. The number of aromatic nitrogens is 1. The molecule has 1 heterocycles. The van der Waals surface area contributed by atoms with Crippen LogP contribution in [0.1, 0.15) is 44.2 Å². The van der Waals surface area contributed by atoms with Crippen molar-refractivity contribution >= 4 is 29.1 Å². The third-order valence-corrected chi connectivity index (χ3v) is 6.50. The number of fused-ring (bicyclic) bond motifs is 1. The minimum Gasteiger partial charge on any atom is -0.481 e. The number of aliphatic carboxylic acids is 1. The minimum atomic E-state index is -0.775. The Balaban J connectivity index is 2.07. The molecule has 106 valence electrons. The molecule has 1 aliphatic rings. The molecule has 3 nitrogen and oxygen atoms in total. The van der Waals surface area contributed by atoms with E-state index in [2.05, 4.69) is 25.8 Å². The van der Waals surface area contributed by atoms with E-state index in [-0.39, 0.29) is 5.75 Å². The van der Waals surface area contributed by atoms with Gasteiger partial charge in [0.05, 0.1) is 11.4 Å². The zero-order chi connectivity index (χ0) is 14.0. The number of hydrogen-bond acceptors (Lipinski definition) is 4. The first-order chi connectivity index (χ1) is 8.92. The number of thiazole rings is 1. The van der Waals surface area contributed by atoms with Gasteiger partial charge >= 0.3 is 5.97 Å². The first kappa shape index (κ1) is 14.9. The summed E-state index contributed by atoms with van der Waals surface area (Å²) >= 11 is 3.04. The largest absolute Gasteiger partial charge is 0.481 e. The third-order valence-electron chi connectivity index (χ3n) is 4.26. The average molecular weight is 299 g/mol. The molecule has 0 amide bonds. The molecule has 1 unspecified atom stereocenters. The van der Waals surface area contributed by atoms with E-state index < -0.39 is 5.97 Å². The average Bonchev–Trinajstić information content (AvgIpc) is 2.78. The highest BCUT2D eigenvalue weighted by Crippen LogP contribution is 2.42. The summed E-state index contributed by atoms with van der Waals surface area (Å²) < 4.78 is 0.919. The van der Waals surface area contributed by atoms with Gasteiger partial charge in [0.2, 0.25) is 0 Å². The van der Waals surface area contributed by atoms with E-state index in [4.69, 9.17) is 5.11 Å². The van der Waals surface area contributed by atoms with Crippen LogP contribution in [-0.4, -0.2) is 21.8 Å². The zero-order valence-corrected chi connectivity index (χ0v) is 13.4. The lowest BCUT2D eigenvalue weighted by Gasteiger charge is -2.35. The lowest BCUT2D eigenvalue weighted by atomic mass is 9.70. The van der Waals surface area contributed by atoms with Crippen LogP contribution in [0.5, 0.6) is 0 Å². The number of hydrogen-bond donors (Lipinski definition) is 1. The van der Waals surface area contributed by atoms with Crippen molar-refractivity contribution in [3.8, 4) is 0 Å². The Kier molecular flexibility index (Phi) is 4.56. The van der Waals surface area contributed by atoms with Crippen LogP contribution >= 0.6 is 23.1 Å². The van der Waals surface area contributed by atoms with Crippen LogP contribution < -0.4 is 0 Å².